The van der Waals surface area contributed by atoms with Crippen molar-refractivity contribution in [3.63, 3.8) is 0 Å². The zero-order valence-corrected chi connectivity index (χ0v) is 10.6. The van der Waals surface area contributed by atoms with E-state index in [9.17, 15) is 9.90 Å². The molecule has 1 aromatic carbocycles. The summed E-state index contributed by atoms with van der Waals surface area (Å²) < 4.78 is 0. The summed E-state index contributed by atoms with van der Waals surface area (Å²) in [5.74, 6) is -0.374. The van der Waals surface area contributed by atoms with Crippen molar-refractivity contribution in [2.45, 2.75) is 45.4 Å². The highest BCUT2D eigenvalue weighted by Crippen LogP contribution is 2.43. The molecule has 1 N–H and O–H groups in total. The Kier molecular flexibility index (Phi) is 3.23. The molecule has 0 bridgehead atoms. The number of carboxylic acids is 1. The Labute approximate surface area is 103 Å². The monoisotopic (exact) mass is 232 g/mol. The molecule has 0 radical (unpaired) electrons. The molecule has 0 heterocycles. The molecule has 1 aromatic rings. The van der Waals surface area contributed by atoms with E-state index in [1.807, 2.05) is 12.1 Å². The Balaban J connectivity index is 2.21. The minimum atomic E-state index is -0.801. The largest absolute Gasteiger partial charge is 0.478 e. The van der Waals surface area contributed by atoms with Gasteiger partial charge < -0.3 is 5.11 Å². The van der Waals surface area contributed by atoms with E-state index in [0.717, 1.165) is 18.4 Å². The number of carbonyl (C=O) groups is 1. The van der Waals surface area contributed by atoms with Crippen molar-refractivity contribution in [2.24, 2.45) is 5.41 Å². The number of aromatic carboxylic acids is 1. The highest BCUT2D eigenvalue weighted by molar-refractivity contribution is 5.89. The van der Waals surface area contributed by atoms with Crippen molar-refractivity contribution >= 4 is 5.97 Å². The average Bonchev–Trinajstić information content (AvgIpc) is 2.29. The predicted molar refractivity (Wildman–Crippen MR) is 68.4 cm³/mol. The molecule has 1 aliphatic rings. The molecule has 2 rings (SSSR count). The minimum absolute atomic E-state index is 0.425. The highest BCUT2D eigenvalue weighted by atomic mass is 16.4. The van der Waals surface area contributed by atoms with E-state index in [1.54, 1.807) is 12.1 Å². The van der Waals surface area contributed by atoms with E-state index >= 15 is 0 Å². The molecule has 92 valence electrons. The number of rotatable bonds is 2. The molecule has 0 unspecified atom stereocenters. The van der Waals surface area contributed by atoms with Crippen LogP contribution in [0, 0.1) is 5.41 Å². The standard InChI is InChI=1S/C15H20O2/c1-15(2)9-7-11(8-10-15)12-5-3-4-6-13(12)14(16)17/h3-6,11H,7-10H2,1-2H3,(H,16,17). The summed E-state index contributed by atoms with van der Waals surface area (Å²) in [4.78, 5) is 11.2. The van der Waals surface area contributed by atoms with Crippen LogP contribution in [0.5, 0.6) is 0 Å². The Morgan fingerprint density at radius 3 is 2.41 bits per heavy atom. The van der Waals surface area contributed by atoms with Gasteiger partial charge in [0.2, 0.25) is 0 Å². The van der Waals surface area contributed by atoms with E-state index < -0.39 is 5.97 Å². The zero-order chi connectivity index (χ0) is 12.5. The van der Waals surface area contributed by atoms with E-state index in [-0.39, 0.29) is 0 Å². The molecule has 2 heteroatoms. The predicted octanol–water partition coefficient (Wildman–Crippen LogP) is 4.07. The molecule has 1 aliphatic carbocycles. The summed E-state index contributed by atoms with van der Waals surface area (Å²) in [7, 11) is 0. The lowest BCUT2D eigenvalue weighted by atomic mass is 9.70. The third-order valence-electron chi connectivity index (χ3n) is 3.97. The molecule has 0 aliphatic heterocycles. The molecule has 0 aromatic heterocycles. The summed E-state index contributed by atoms with van der Waals surface area (Å²) in [5, 5.41) is 9.20. The van der Waals surface area contributed by atoms with Crippen molar-refractivity contribution < 1.29 is 9.90 Å². The van der Waals surface area contributed by atoms with Crippen LogP contribution in [-0.4, -0.2) is 11.1 Å². The molecular weight excluding hydrogens is 212 g/mol. The van der Waals surface area contributed by atoms with Gasteiger partial charge in [-0.25, -0.2) is 4.79 Å². The van der Waals surface area contributed by atoms with Crippen LogP contribution < -0.4 is 0 Å². The number of carboxylic acid groups (broad SMARTS) is 1. The van der Waals surface area contributed by atoms with Crippen molar-refractivity contribution in [3.05, 3.63) is 35.4 Å². The first-order chi connectivity index (χ1) is 7.99. The van der Waals surface area contributed by atoms with Crippen LogP contribution in [0.4, 0.5) is 0 Å². The molecule has 17 heavy (non-hydrogen) atoms. The van der Waals surface area contributed by atoms with Crippen LogP contribution in [0.1, 0.15) is 61.4 Å². The van der Waals surface area contributed by atoms with Crippen molar-refractivity contribution in [2.75, 3.05) is 0 Å². The van der Waals surface area contributed by atoms with Gasteiger partial charge in [0.05, 0.1) is 5.56 Å². The molecule has 0 amide bonds. The van der Waals surface area contributed by atoms with Crippen molar-refractivity contribution in [1.82, 2.24) is 0 Å². The first kappa shape index (κ1) is 12.2. The van der Waals surface area contributed by atoms with Crippen LogP contribution in [-0.2, 0) is 0 Å². The SMILES string of the molecule is CC1(C)CCC(c2ccccc2C(=O)O)CC1. The van der Waals surface area contributed by atoms with E-state index in [0.29, 0.717) is 16.9 Å². The number of hydrogen-bond donors (Lipinski definition) is 1. The average molecular weight is 232 g/mol. The van der Waals surface area contributed by atoms with Gasteiger partial charge in [0.1, 0.15) is 0 Å². The van der Waals surface area contributed by atoms with Gasteiger partial charge in [0.15, 0.2) is 0 Å². The van der Waals surface area contributed by atoms with Crippen LogP contribution in [0.2, 0.25) is 0 Å². The van der Waals surface area contributed by atoms with Gasteiger partial charge in [0.25, 0.3) is 0 Å². The first-order valence-electron chi connectivity index (χ1n) is 6.32. The Bertz CT molecular complexity index is 411. The second-order valence-corrected chi connectivity index (χ2v) is 5.83. The summed E-state index contributed by atoms with van der Waals surface area (Å²) in [6.45, 7) is 4.60. The second-order valence-electron chi connectivity index (χ2n) is 5.83. The third kappa shape index (κ3) is 2.68. The Hall–Kier alpha value is -1.31. The Morgan fingerprint density at radius 2 is 1.82 bits per heavy atom. The first-order valence-corrected chi connectivity index (χ1v) is 6.32. The number of benzene rings is 1. The van der Waals surface area contributed by atoms with E-state index in [2.05, 4.69) is 13.8 Å². The smallest absolute Gasteiger partial charge is 0.335 e. The minimum Gasteiger partial charge on any atom is -0.478 e. The fraction of sp³-hybridized carbons (Fsp3) is 0.533. The maximum atomic E-state index is 11.2. The normalized spacial score (nSPS) is 20.1. The van der Waals surface area contributed by atoms with Gasteiger partial charge in [0, 0.05) is 0 Å². The summed E-state index contributed by atoms with van der Waals surface area (Å²) in [6, 6.07) is 7.45. The molecular formula is C15H20O2. The van der Waals surface area contributed by atoms with Crippen LogP contribution in [0.25, 0.3) is 0 Å². The van der Waals surface area contributed by atoms with Crippen molar-refractivity contribution in [3.8, 4) is 0 Å². The van der Waals surface area contributed by atoms with Crippen LogP contribution in [0.3, 0.4) is 0 Å². The quantitative estimate of drug-likeness (QED) is 0.834. The molecule has 0 atom stereocenters. The summed E-state index contributed by atoms with van der Waals surface area (Å²) >= 11 is 0. The fourth-order valence-electron chi connectivity index (χ4n) is 2.76. The van der Waals surface area contributed by atoms with E-state index in [1.165, 1.54) is 12.8 Å². The van der Waals surface area contributed by atoms with Gasteiger partial charge in [-0.05, 0) is 48.6 Å². The van der Waals surface area contributed by atoms with Crippen molar-refractivity contribution in [1.29, 1.82) is 0 Å². The van der Waals surface area contributed by atoms with Gasteiger partial charge in [-0.3, -0.25) is 0 Å². The zero-order valence-electron chi connectivity index (χ0n) is 10.6. The molecule has 1 fully saturated rings. The second kappa shape index (κ2) is 4.52. The van der Waals surface area contributed by atoms with Gasteiger partial charge in [-0.15, -0.1) is 0 Å². The highest BCUT2D eigenvalue weighted by Gasteiger charge is 2.29. The van der Waals surface area contributed by atoms with Crippen LogP contribution >= 0.6 is 0 Å². The number of hydrogen-bond acceptors (Lipinski definition) is 1. The topological polar surface area (TPSA) is 37.3 Å². The van der Waals surface area contributed by atoms with Gasteiger partial charge >= 0.3 is 5.97 Å². The molecule has 2 nitrogen and oxygen atoms in total. The maximum Gasteiger partial charge on any atom is 0.335 e. The van der Waals surface area contributed by atoms with Gasteiger partial charge in [-0.2, -0.15) is 0 Å². The summed E-state index contributed by atoms with van der Waals surface area (Å²) in [5.41, 5.74) is 1.93. The van der Waals surface area contributed by atoms with E-state index in [4.69, 9.17) is 0 Å². The fourth-order valence-corrected chi connectivity index (χ4v) is 2.76. The summed E-state index contributed by atoms with van der Waals surface area (Å²) in [6.07, 6.45) is 4.59. The lowest BCUT2D eigenvalue weighted by Crippen LogP contribution is -2.21. The molecule has 1 saturated carbocycles. The third-order valence-corrected chi connectivity index (χ3v) is 3.97. The lowest BCUT2D eigenvalue weighted by molar-refractivity contribution is 0.0694. The maximum absolute atomic E-state index is 11.2. The molecule has 0 saturated heterocycles. The molecule has 0 spiro atoms. The Morgan fingerprint density at radius 1 is 1.24 bits per heavy atom. The lowest BCUT2D eigenvalue weighted by Gasteiger charge is -2.34. The van der Waals surface area contributed by atoms with Crippen LogP contribution in [0.15, 0.2) is 24.3 Å². The van der Waals surface area contributed by atoms with Gasteiger partial charge in [-0.1, -0.05) is 32.0 Å².